The van der Waals surface area contributed by atoms with Crippen molar-refractivity contribution < 1.29 is 9.90 Å². The Morgan fingerprint density at radius 3 is 2.43 bits per heavy atom. The van der Waals surface area contributed by atoms with Crippen LogP contribution in [0.1, 0.15) is 43.2 Å². The molecule has 0 saturated heterocycles. The molecule has 5 N–H and O–H groups in total. The Balaban J connectivity index is 2.20. The van der Waals surface area contributed by atoms with E-state index in [1.807, 2.05) is 6.08 Å². The normalized spacial score (nSPS) is 19.8. The van der Waals surface area contributed by atoms with Crippen molar-refractivity contribution in [2.24, 2.45) is 0 Å². The number of ketones is 1. The van der Waals surface area contributed by atoms with Crippen LogP contribution in [0.25, 0.3) is 11.6 Å². The Morgan fingerprint density at radius 1 is 1.19 bits per heavy atom. The number of carbonyl (C=O) groups excluding carboxylic acids is 1. The molecule has 110 valence electrons. The zero-order chi connectivity index (χ0) is 15.1. The van der Waals surface area contributed by atoms with E-state index >= 15 is 0 Å². The Morgan fingerprint density at radius 2 is 1.90 bits per heavy atom. The number of phenols is 1. The standard InChI is InChI=1S/C16H19N2O2P/c17-13-10(7-9-5-2-6-11(9)19)16(21)12(8-3-1-4-8)14(18)15(13)20/h3,7,20H,1-2,4-6,17-18,21H2/b9-7+. The van der Waals surface area contributed by atoms with Gasteiger partial charge in [0.25, 0.3) is 0 Å². The van der Waals surface area contributed by atoms with Crippen LogP contribution in [0.2, 0.25) is 0 Å². The third kappa shape index (κ3) is 2.24. The molecule has 5 heteroatoms. The largest absolute Gasteiger partial charge is 0.504 e. The van der Waals surface area contributed by atoms with E-state index in [0.717, 1.165) is 47.7 Å². The molecule has 1 aromatic carbocycles. The number of benzene rings is 1. The summed E-state index contributed by atoms with van der Waals surface area (Å²) in [6.45, 7) is 0. The second-order valence-electron chi connectivity index (χ2n) is 5.59. The van der Waals surface area contributed by atoms with Gasteiger partial charge in [0, 0.05) is 17.5 Å². The zero-order valence-electron chi connectivity index (χ0n) is 11.8. The fourth-order valence-corrected chi connectivity index (χ4v) is 3.48. The summed E-state index contributed by atoms with van der Waals surface area (Å²) in [6, 6.07) is 0. The molecule has 4 nitrogen and oxygen atoms in total. The lowest BCUT2D eigenvalue weighted by molar-refractivity contribution is -0.114. The molecule has 2 aliphatic rings. The fraction of sp³-hybridized carbons (Fsp3) is 0.312. The molecule has 21 heavy (non-hydrogen) atoms. The summed E-state index contributed by atoms with van der Waals surface area (Å²) in [5.41, 5.74) is 16.1. The van der Waals surface area contributed by atoms with Crippen molar-refractivity contribution in [2.75, 3.05) is 11.5 Å². The van der Waals surface area contributed by atoms with Gasteiger partial charge in [-0.05, 0) is 48.2 Å². The predicted octanol–water partition coefficient (Wildman–Crippen LogP) is 2.37. The molecule has 0 aliphatic heterocycles. The summed E-state index contributed by atoms with van der Waals surface area (Å²) in [5.74, 6) is 0.0841. The molecule has 0 spiro atoms. The molecular weight excluding hydrogens is 283 g/mol. The van der Waals surface area contributed by atoms with Gasteiger partial charge in [-0.1, -0.05) is 6.08 Å². The maximum Gasteiger partial charge on any atom is 0.162 e. The molecule has 2 aliphatic carbocycles. The summed E-state index contributed by atoms with van der Waals surface area (Å²) in [4.78, 5) is 11.8. The van der Waals surface area contributed by atoms with Crippen LogP contribution < -0.4 is 16.8 Å². The van der Waals surface area contributed by atoms with Gasteiger partial charge in [-0.3, -0.25) is 4.79 Å². The number of nitrogen functional groups attached to an aromatic ring is 2. The van der Waals surface area contributed by atoms with Gasteiger partial charge in [0.2, 0.25) is 0 Å². The molecule has 1 fully saturated rings. The molecule has 0 radical (unpaired) electrons. The molecule has 0 aromatic heterocycles. The van der Waals surface area contributed by atoms with E-state index in [9.17, 15) is 9.90 Å². The van der Waals surface area contributed by atoms with E-state index in [1.165, 1.54) is 0 Å². The van der Waals surface area contributed by atoms with Gasteiger partial charge in [0.1, 0.15) is 0 Å². The number of anilines is 2. The van der Waals surface area contributed by atoms with Crippen molar-refractivity contribution in [1.29, 1.82) is 0 Å². The van der Waals surface area contributed by atoms with E-state index in [2.05, 4.69) is 15.3 Å². The molecule has 0 heterocycles. The maximum atomic E-state index is 11.8. The zero-order valence-corrected chi connectivity index (χ0v) is 12.9. The number of allylic oxidation sites excluding steroid dienone is 3. The van der Waals surface area contributed by atoms with Gasteiger partial charge in [0.15, 0.2) is 11.5 Å². The van der Waals surface area contributed by atoms with Crippen LogP contribution in [0.4, 0.5) is 11.4 Å². The number of phenolic OH excluding ortho intramolecular Hbond substituents is 1. The fourth-order valence-electron chi connectivity index (χ4n) is 2.90. The molecule has 1 atom stereocenters. The van der Waals surface area contributed by atoms with Crippen LogP contribution in [0.3, 0.4) is 0 Å². The summed E-state index contributed by atoms with van der Waals surface area (Å²) in [7, 11) is 2.66. The van der Waals surface area contributed by atoms with Crippen molar-refractivity contribution in [3.63, 3.8) is 0 Å². The minimum Gasteiger partial charge on any atom is -0.504 e. The highest BCUT2D eigenvalue weighted by Crippen LogP contribution is 2.42. The number of Topliss-reactive ketones (excluding diaryl/α,β-unsaturated/α-hetero) is 1. The minimum atomic E-state index is -0.0821. The highest BCUT2D eigenvalue weighted by molar-refractivity contribution is 7.28. The second-order valence-corrected chi connectivity index (χ2v) is 6.17. The summed E-state index contributed by atoms with van der Waals surface area (Å²) in [5, 5.41) is 11.1. The van der Waals surface area contributed by atoms with Crippen LogP contribution in [-0.2, 0) is 4.79 Å². The number of nitrogens with two attached hydrogens (primary N) is 2. The second kappa shape index (κ2) is 5.19. The van der Waals surface area contributed by atoms with Gasteiger partial charge in [-0.2, -0.15) is 0 Å². The van der Waals surface area contributed by atoms with Gasteiger partial charge in [-0.25, -0.2) is 0 Å². The van der Waals surface area contributed by atoms with Crippen molar-refractivity contribution in [2.45, 2.75) is 32.1 Å². The number of hydrogen-bond acceptors (Lipinski definition) is 4. The Labute approximate surface area is 126 Å². The van der Waals surface area contributed by atoms with E-state index < -0.39 is 0 Å². The molecule has 1 saturated carbocycles. The number of rotatable bonds is 2. The van der Waals surface area contributed by atoms with E-state index in [0.29, 0.717) is 17.7 Å². The highest BCUT2D eigenvalue weighted by atomic mass is 31.0. The van der Waals surface area contributed by atoms with Gasteiger partial charge < -0.3 is 16.6 Å². The minimum absolute atomic E-state index is 0.0821. The summed E-state index contributed by atoms with van der Waals surface area (Å²) in [6.07, 6.45) is 8.14. The monoisotopic (exact) mass is 302 g/mol. The summed E-state index contributed by atoms with van der Waals surface area (Å²) < 4.78 is 0. The first-order chi connectivity index (χ1) is 10.0. The quantitative estimate of drug-likeness (QED) is 0.339. The summed E-state index contributed by atoms with van der Waals surface area (Å²) >= 11 is 0. The number of carbonyl (C=O) groups is 1. The maximum absolute atomic E-state index is 11.8. The van der Waals surface area contributed by atoms with Crippen molar-refractivity contribution >= 4 is 43.4 Å². The van der Waals surface area contributed by atoms with Crippen LogP contribution in [0, 0.1) is 0 Å². The Bertz CT molecular complexity index is 705. The van der Waals surface area contributed by atoms with Crippen molar-refractivity contribution in [3.05, 3.63) is 22.8 Å². The first-order valence-corrected chi connectivity index (χ1v) is 7.71. The smallest absolute Gasteiger partial charge is 0.162 e. The Kier molecular flexibility index (Phi) is 3.50. The van der Waals surface area contributed by atoms with Crippen LogP contribution >= 0.6 is 9.24 Å². The van der Waals surface area contributed by atoms with Crippen molar-refractivity contribution in [1.82, 2.24) is 0 Å². The molecule has 1 aromatic rings. The Hall–Kier alpha value is -1.80. The van der Waals surface area contributed by atoms with E-state index in [1.54, 1.807) is 0 Å². The van der Waals surface area contributed by atoms with Crippen LogP contribution in [0.15, 0.2) is 11.6 Å². The predicted molar refractivity (Wildman–Crippen MR) is 90.3 cm³/mol. The number of hydrogen-bond donors (Lipinski definition) is 3. The van der Waals surface area contributed by atoms with E-state index in [-0.39, 0.29) is 17.2 Å². The van der Waals surface area contributed by atoms with Gasteiger partial charge in [0.05, 0.1) is 11.4 Å². The average Bonchev–Trinajstić information content (AvgIpc) is 2.80. The van der Waals surface area contributed by atoms with Crippen LogP contribution in [0.5, 0.6) is 5.75 Å². The number of aromatic hydroxyl groups is 1. The van der Waals surface area contributed by atoms with Crippen molar-refractivity contribution in [3.8, 4) is 5.75 Å². The molecule has 3 rings (SSSR count). The first kappa shape index (κ1) is 14.2. The SMILES string of the molecule is Nc1c(O)c(N)c(C2=CCC2)c(P)c1/C=C1\CCCC1=O. The average molecular weight is 302 g/mol. The topological polar surface area (TPSA) is 89.3 Å². The third-order valence-electron chi connectivity index (χ3n) is 4.28. The third-order valence-corrected chi connectivity index (χ3v) is 4.88. The first-order valence-electron chi connectivity index (χ1n) is 7.13. The van der Waals surface area contributed by atoms with E-state index in [4.69, 9.17) is 11.5 Å². The molecule has 0 amide bonds. The lowest BCUT2D eigenvalue weighted by Gasteiger charge is -2.22. The highest BCUT2D eigenvalue weighted by Gasteiger charge is 2.24. The van der Waals surface area contributed by atoms with Gasteiger partial charge >= 0.3 is 0 Å². The lowest BCUT2D eigenvalue weighted by atomic mass is 9.88. The van der Waals surface area contributed by atoms with Gasteiger partial charge in [-0.15, -0.1) is 9.24 Å². The molecular formula is C16H19N2O2P. The van der Waals surface area contributed by atoms with Crippen LogP contribution in [-0.4, -0.2) is 10.9 Å². The lowest BCUT2D eigenvalue weighted by Crippen LogP contribution is -2.15. The molecule has 0 bridgehead atoms. The molecule has 1 unspecified atom stereocenters.